The molecule has 0 radical (unpaired) electrons. The fourth-order valence-corrected chi connectivity index (χ4v) is 2.91. The predicted octanol–water partition coefficient (Wildman–Crippen LogP) is 4.90. The largest absolute Gasteiger partial charge is 0.462 e. The van der Waals surface area contributed by atoms with Crippen molar-refractivity contribution in [1.82, 2.24) is 0 Å². The van der Waals surface area contributed by atoms with E-state index in [4.69, 9.17) is 4.74 Å². The number of allylic oxidation sites excluding steroid dienone is 3. The van der Waals surface area contributed by atoms with Crippen LogP contribution in [0, 0.1) is 16.7 Å². The van der Waals surface area contributed by atoms with Crippen LogP contribution < -0.4 is 0 Å². The molecule has 0 saturated carbocycles. The zero-order valence-electron chi connectivity index (χ0n) is 14.1. The van der Waals surface area contributed by atoms with E-state index < -0.39 is 0 Å². The summed E-state index contributed by atoms with van der Waals surface area (Å²) in [6.45, 7) is 14.6. The first-order valence-electron chi connectivity index (χ1n) is 7.65. The van der Waals surface area contributed by atoms with Crippen molar-refractivity contribution in [2.75, 3.05) is 0 Å². The highest BCUT2D eigenvalue weighted by Crippen LogP contribution is 2.44. The van der Waals surface area contributed by atoms with Gasteiger partial charge in [0.15, 0.2) is 0 Å². The predicted molar refractivity (Wildman–Crippen MR) is 84.4 cm³/mol. The molecule has 0 aromatic heterocycles. The smallest absolute Gasteiger partial charge is 0.302 e. The molecule has 0 aliphatic heterocycles. The van der Waals surface area contributed by atoms with Crippen LogP contribution in [0.25, 0.3) is 0 Å². The number of hydrogen-bond acceptors (Lipinski definition) is 2. The highest BCUT2D eigenvalue weighted by Gasteiger charge is 2.34. The van der Waals surface area contributed by atoms with Gasteiger partial charge in [0.25, 0.3) is 0 Å². The van der Waals surface area contributed by atoms with E-state index >= 15 is 0 Å². The molecule has 1 aliphatic carbocycles. The lowest BCUT2D eigenvalue weighted by atomic mass is 9.75. The summed E-state index contributed by atoms with van der Waals surface area (Å²) >= 11 is 0. The van der Waals surface area contributed by atoms with Gasteiger partial charge in [-0.15, -0.1) is 0 Å². The Morgan fingerprint density at radius 3 is 2.55 bits per heavy atom. The van der Waals surface area contributed by atoms with Gasteiger partial charge in [0.05, 0.1) is 0 Å². The normalized spacial score (nSPS) is 23.8. The van der Waals surface area contributed by atoms with Crippen LogP contribution in [0.4, 0.5) is 0 Å². The Kier molecular flexibility index (Phi) is 5.23. The molecule has 0 fully saturated rings. The van der Waals surface area contributed by atoms with Crippen LogP contribution >= 0.6 is 0 Å². The molecule has 2 nitrogen and oxygen atoms in total. The fourth-order valence-electron chi connectivity index (χ4n) is 2.91. The van der Waals surface area contributed by atoms with E-state index in [9.17, 15) is 4.79 Å². The van der Waals surface area contributed by atoms with Crippen molar-refractivity contribution in [3.8, 4) is 0 Å². The molecule has 2 atom stereocenters. The molecule has 0 spiro atoms. The second kappa shape index (κ2) is 6.15. The van der Waals surface area contributed by atoms with Gasteiger partial charge in [-0.3, -0.25) is 4.79 Å². The first kappa shape index (κ1) is 17.0. The summed E-state index contributed by atoms with van der Waals surface area (Å²) < 4.78 is 5.45. The molecule has 0 saturated heterocycles. The van der Waals surface area contributed by atoms with Gasteiger partial charge in [0.2, 0.25) is 0 Å². The minimum Gasteiger partial charge on any atom is -0.462 e. The van der Waals surface area contributed by atoms with Crippen molar-refractivity contribution in [3.63, 3.8) is 0 Å². The van der Waals surface area contributed by atoms with Crippen LogP contribution in [-0.4, -0.2) is 12.1 Å². The second-order valence-corrected chi connectivity index (χ2v) is 7.14. The van der Waals surface area contributed by atoms with Gasteiger partial charge in [0, 0.05) is 12.3 Å². The van der Waals surface area contributed by atoms with E-state index in [0.29, 0.717) is 5.92 Å². The van der Waals surface area contributed by atoms with E-state index in [1.54, 1.807) is 0 Å². The summed E-state index contributed by atoms with van der Waals surface area (Å²) in [6, 6.07) is 0. The van der Waals surface area contributed by atoms with E-state index in [-0.39, 0.29) is 22.9 Å². The van der Waals surface area contributed by atoms with Crippen molar-refractivity contribution in [3.05, 3.63) is 23.8 Å². The molecular weight excluding hydrogens is 248 g/mol. The Labute approximate surface area is 124 Å². The molecule has 0 aromatic carbocycles. The van der Waals surface area contributed by atoms with Gasteiger partial charge in [-0.05, 0) is 31.1 Å². The quantitative estimate of drug-likeness (QED) is 0.528. The zero-order valence-corrected chi connectivity index (χ0v) is 14.1. The summed E-state index contributed by atoms with van der Waals surface area (Å²) in [5.74, 6) is 0.341. The molecule has 0 aromatic rings. The van der Waals surface area contributed by atoms with Gasteiger partial charge >= 0.3 is 5.97 Å². The number of ether oxygens (including phenoxy) is 1. The average molecular weight is 278 g/mol. The topological polar surface area (TPSA) is 26.3 Å². The van der Waals surface area contributed by atoms with Crippen LogP contribution in [0.1, 0.15) is 61.3 Å². The van der Waals surface area contributed by atoms with Crippen molar-refractivity contribution in [2.24, 2.45) is 16.7 Å². The summed E-state index contributed by atoms with van der Waals surface area (Å²) in [4.78, 5) is 11.2. The average Bonchev–Trinajstić information content (AvgIpc) is 2.58. The lowest BCUT2D eigenvalue weighted by Gasteiger charge is -2.32. The van der Waals surface area contributed by atoms with Crippen LogP contribution in [-0.2, 0) is 9.53 Å². The maximum atomic E-state index is 11.2. The molecule has 1 rings (SSSR count). The second-order valence-electron chi connectivity index (χ2n) is 7.14. The Hall–Kier alpha value is -1.05. The monoisotopic (exact) mass is 278 g/mol. The fraction of sp³-hybridized carbons (Fsp3) is 0.722. The van der Waals surface area contributed by atoms with Crippen LogP contribution in [0.15, 0.2) is 23.8 Å². The van der Waals surface area contributed by atoms with Crippen LogP contribution in [0.2, 0.25) is 0 Å². The number of esters is 1. The lowest BCUT2D eigenvalue weighted by molar-refractivity contribution is -0.151. The van der Waals surface area contributed by atoms with Gasteiger partial charge < -0.3 is 4.74 Å². The third-order valence-electron chi connectivity index (χ3n) is 4.89. The molecule has 2 heteroatoms. The van der Waals surface area contributed by atoms with E-state index in [1.807, 2.05) is 0 Å². The van der Waals surface area contributed by atoms with Gasteiger partial charge in [0.1, 0.15) is 6.10 Å². The Balaban J connectivity index is 2.80. The lowest BCUT2D eigenvalue weighted by Crippen LogP contribution is -2.31. The molecule has 0 amide bonds. The SMILES string of the molecule is CCC(OC(C)=O)C(C)(C)/C=C/C1CC=C(C)C1(C)C. The third kappa shape index (κ3) is 3.74. The Morgan fingerprint density at radius 2 is 2.15 bits per heavy atom. The van der Waals surface area contributed by atoms with Crippen LogP contribution in [0.5, 0.6) is 0 Å². The summed E-state index contributed by atoms with van der Waals surface area (Å²) in [7, 11) is 0. The summed E-state index contributed by atoms with van der Waals surface area (Å²) in [6.07, 6.45) is 8.78. The number of hydrogen-bond donors (Lipinski definition) is 0. The van der Waals surface area contributed by atoms with Crippen molar-refractivity contribution in [1.29, 1.82) is 0 Å². The summed E-state index contributed by atoms with van der Waals surface area (Å²) in [5.41, 5.74) is 1.57. The number of carbonyl (C=O) groups is 1. The molecule has 0 N–H and O–H groups in total. The maximum Gasteiger partial charge on any atom is 0.302 e. The minimum absolute atomic E-state index is 0.0604. The molecular formula is C18H30O2. The molecule has 1 aliphatic rings. The van der Waals surface area contributed by atoms with E-state index in [2.05, 4.69) is 59.8 Å². The Bertz CT molecular complexity index is 413. The number of rotatable bonds is 5. The maximum absolute atomic E-state index is 11.2. The standard InChI is InChI=1S/C18H30O2/c1-8-16(20-14(3)19)17(4,5)12-11-15-10-9-13(2)18(15,6)7/h9,11-12,15-16H,8,10H2,1-7H3/b12-11+. The van der Waals surface area contributed by atoms with Gasteiger partial charge in [-0.1, -0.05) is 58.4 Å². The zero-order chi connectivity index (χ0) is 15.6. The summed E-state index contributed by atoms with van der Waals surface area (Å²) in [5, 5.41) is 0. The van der Waals surface area contributed by atoms with Crippen molar-refractivity contribution < 1.29 is 9.53 Å². The van der Waals surface area contributed by atoms with E-state index in [1.165, 1.54) is 12.5 Å². The van der Waals surface area contributed by atoms with Crippen molar-refractivity contribution in [2.45, 2.75) is 67.4 Å². The molecule has 20 heavy (non-hydrogen) atoms. The van der Waals surface area contributed by atoms with Gasteiger partial charge in [-0.2, -0.15) is 0 Å². The minimum atomic E-state index is -0.197. The van der Waals surface area contributed by atoms with Crippen molar-refractivity contribution >= 4 is 5.97 Å². The molecule has 0 bridgehead atoms. The molecule has 114 valence electrons. The molecule has 0 heterocycles. The highest BCUT2D eigenvalue weighted by atomic mass is 16.5. The first-order valence-corrected chi connectivity index (χ1v) is 7.65. The highest BCUT2D eigenvalue weighted by molar-refractivity contribution is 5.66. The first-order chi connectivity index (χ1) is 9.11. The molecule has 2 unspecified atom stereocenters. The van der Waals surface area contributed by atoms with Gasteiger partial charge in [-0.25, -0.2) is 0 Å². The Morgan fingerprint density at radius 1 is 1.55 bits per heavy atom. The number of carbonyl (C=O) groups excluding carboxylic acids is 1. The van der Waals surface area contributed by atoms with Crippen LogP contribution in [0.3, 0.4) is 0 Å². The van der Waals surface area contributed by atoms with E-state index in [0.717, 1.165) is 12.8 Å². The third-order valence-corrected chi connectivity index (χ3v) is 4.89.